The van der Waals surface area contributed by atoms with Crippen molar-refractivity contribution in [2.24, 2.45) is 5.84 Å². The van der Waals surface area contributed by atoms with Crippen molar-refractivity contribution in [1.29, 1.82) is 0 Å². The van der Waals surface area contributed by atoms with Crippen LogP contribution in [0.2, 0.25) is 0 Å². The molecular formula is C13H22N2O5. The maximum atomic E-state index is 11.3. The molecule has 0 unspecified atom stereocenters. The van der Waals surface area contributed by atoms with E-state index >= 15 is 0 Å². The molecular weight excluding hydrogens is 264 g/mol. The van der Waals surface area contributed by atoms with Crippen molar-refractivity contribution >= 4 is 5.91 Å². The van der Waals surface area contributed by atoms with E-state index in [-0.39, 0.29) is 5.76 Å². The number of methoxy groups -OCH3 is 1. The fraction of sp³-hybridized carbons (Fsp3) is 0.615. The first-order valence-corrected chi connectivity index (χ1v) is 6.43. The number of nitrogens with two attached hydrogens (primary N) is 1. The summed E-state index contributed by atoms with van der Waals surface area (Å²) in [5.74, 6) is 5.40. The van der Waals surface area contributed by atoms with Gasteiger partial charge in [-0.1, -0.05) is 0 Å². The van der Waals surface area contributed by atoms with Crippen LogP contribution < -0.4 is 11.3 Å². The minimum atomic E-state index is -0.449. The van der Waals surface area contributed by atoms with Gasteiger partial charge in [0.05, 0.1) is 13.2 Å². The van der Waals surface area contributed by atoms with Gasteiger partial charge in [0.25, 0.3) is 0 Å². The summed E-state index contributed by atoms with van der Waals surface area (Å²) in [7, 11) is 1.66. The first kappa shape index (κ1) is 16.6. The van der Waals surface area contributed by atoms with Gasteiger partial charge in [-0.15, -0.1) is 0 Å². The summed E-state index contributed by atoms with van der Waals surface area (Å²) in [6.45, 7) is 4.39. The Kier molecular flexibility index (Phi) is 7.89. The molecule has 0 saturated heterocycles. The molecule has 1 rings (SSSR count). The van der Waals surface area contributed by atoms with E-state index in [4.69, 9.17) is 24.5 Å². The third-order valence-corrected chi connectivity index (χ3v) is 2.56. The van der Waals surface area contributed by atoms with Crippen molar-refractivity contribution in [1.82, 2.24) is 5.43 Å². The van der Waals surface area contributed by atoms with Gasteiger partial charge in [-0.25, -0.2) is 5.84 Å². The predicted octanol–water partition coefficient (Wildman–Crippen LogP) is 0.761. The van der Waals surface area contributed by atoms with Gasteiger partial charge < -0.3 is 18.6 Å². The van der Waals surface area contributed by atoms with Gasteiger partial charge >= 0.3 is 5.91 Å². The fourth-order valence-electron chi connectivity index (χ4n) is 1.61. The summed E-state index contributed by atoms with van der Waals surface area (Å²) in [5.41, 5.74) is 2.76. The molecule has 0 aliphatic carbocycles. The van der Waals surface area contributed by atoms with Crippen LogP contribution >= 0.6 is 0 Å². The van der Waals surface area contributed by atoms with Gasteiger partial charge in [0.1, 0.15) is 12.4 Å². The monoisotopic (exact) mass is 286 g/mol. The van der Waals surface area contributed by atoms with E-state index in [0.29, 0.717) is 38.8 Å². The van der Waals surface area contributed by atoms with Crippen molar-refractivity contribution in [3.63, 3.8) is 0 Å². The SMILES string of the molecule is COCCCOCCOCc1cc(C)c(C(=O)NN)o1. The number of hydrazine groups is 1. The molecule has 0 bridgehead atoms. The third-order valence-electron chi connectivity index (χ3n) is 2.56. The molecule has 0 radical (unpaired) electrons. The van der Waals surface area contributed by atoms with Crippen LogP contribution in [0.1, 0.15) is 28.3 Å². The minimum absolute atomic E-state index is 0.210. The number of nitrogen functional groups attached to an aromatic ring is 1. The quantitative estimate of drug-likeness (QED) is 0.285. The second-order valence-corrected chi connectivity index (χ2v) is 4.21. The highest BCUT2D eigenvalue weighted by atomic mass is 16.5. The zero-order chi connectivity index (χ0) is 14.8. The normalized spacial score (nSPS) is 10.8. The zero-order valence-electron chi connectivity index (χ0n) is 11.9. The van der Waals surface area contributed by atoms with Crippen molar-refractivity contribution in [2.45, 2.75) is 20.0 Å². The van der Waals surface area contributed by atoms with Crippen LogP contribution in [-0.2, 0) is 20.8 Å². The summed E-state index contributed by atoms with van der Waals surface area (Å²) in [6.07, 6.45) is 0.867. The highest BCUT2D eigenvalue weighted by Crippen LogP contribution is 2.15. The zero-order valence-corrected chi connectivity index (χ0v) is 11.9. The maximum Gasteiger partial charge on any atom is 0.301 e. The molecule has 7 nitrogen and oxygen atoms in total. The molecule has 0 aliphatic heterocycles. The van der Waals surface area contributed by atoms with E-state index in [1.165, 1.54) is 0 Å². The molecule has 1 aromatic rings. The molecule has 0 saturated carbocycles. The average Bonchev–Trinajstić information content (AvgIpc) is 2.82. The number of furan rings is 1. The molecule has 1 aromatic heterocycles. The highest BCUT2D eigenvalue weighted by molar-refractivity contribution is 5.92. The number of aryl methyl sites for hydroxylation is 1. The van der Waals surface area contributed by atoms with Crippen molar-refractivity contribution in [3.05, 3.63) is 23.2 Å². The topological polar surface area (TPSA) is 96.0 Å². The van der Waals surface area contributed by atoms with Crippen LogP contribution in [0, 0.1) is 6.92 Å². The lowest BCUT2D eigenvalue weighted by Gasteiger charge is -2.04. The summed E-state index contributed by atoms with van der Waals surface area (Å²) in [4.78, 5) is 11.3. The third kappa shape index (κ3) is 5.70. The Bertz CT molecular complexity index is 405. The Balaban J connectivity index is 2.18. The average molecular weight is 286 g/mol. The first-order valence-electron chi connectivity index (χ1n) is 6.43. The Hall–Kier alpha value is -1.41. The van der Waals surface area contributed by atoms with Gasteiger partial charge in [0.2, 0.25) is 0 Å². The molecule has 0 aromatic carbocycles. The van der Waals surface area contributed by atoms with E-state index in [1.54, 1.807) is 20.1 Å². The van der Waals surface area contributed by atoms with Crippen LogP contribution in [0.4, 0.5) is 0 Å². The second kappa shape index (κ2) is 9.49. The predicted molar refractivity (Wildman–Crippen MR) is 72.1 cm³/mol. The van der Waals surface area contributed by atoms with Crippen LogP contribution in [0.25, 0.3) is 0 Å². The minimum Gasteiger partial charge on any atom is -0.453 e. The Morgan fingerprint density at radius 2 is 2.05 bits per heavy atom. The van der Waals surface area contributed by atoms with E-state index in [1.807, 2.05) is 5.43 Å². The lowest BCUT2D eigenvalue weighted by molar-refractivity contribution is 0.0284. The van der Waals surface area contributed by atoms with Crippen molar-refractivity contribution in [3.8, 4) is 0 Å². The summed E-state index contributed by atoms with van der Waals surface area (Å²) < 4.78 is 21.0. The molecule has 1 amide bonds. The van der Waals surface area contributed by atoms with Crippen LogP contribution in [-0.4, -0.2) is 39.4 Å². The summed E-state index contributed by atoms with van der Waals surface area (Å²) in [6, 6.07) is 1.75. The maximum absolute atomic E-state index is 11.3. The number of hydrogen-bond acceptors (Lipinski definition) is 6. The smallest absolute Gasteiger partial charge is 0.301 e. The second-order valence-electron chi connectivity index (χ2n) is 4.21. The lowest BCUT2D eigenvalue weighted by atomic mass is 10.2. The van der Waals surface area contributed by atoms with Crippen molar-refractivity contribution in [2.75, 3.05) is 33.5 Å². The van der Waals surface area contributed by atoms with Gasteiger partial charge in [-0.3, -0.25) is 10.2 Å². The Morgan fingerprint density at radius 1 is 1.30 bits per heavy atom. The molecule has 3 N–H and O–H groups in total. The number of carbonyl (C=O) groups is 1. The molecule has 0 spiro atoms. The van der Waals surface area contributed by atoms with E-state index in [0.717, 1.165) is 12.0 Å². The molecule has 114 valence electrons. The number of carbonyl (C=O) groups excluding carboxylic acids is 1. The van der Waals surface area contributed by atoms with E-state index in [9.17, 15) is 4.79 Å². The first-order chi connectivity index (χ1) is 9.69. The van der Waals surface area contributed by atoms with Gasteiger partial charge in [0, 0.05) is 25.9 Å². The van der Waals surface area contributed by atoms with Gasteiger partial charge in [0.15, 0.2) is 5.76 Å². The van der Waals surface area contributed by atoms with Crippen molar-refractivity contribution < 1.29 is 23.4 Å². The van der Waals surface area contributed by atoms with E-state index in [2.05, 4.69) is 0 Å². The Labute approximate surface area is 118 Å². The van der Waals surface area contributed by atoms with Gasteiger partial charge in [-0.2, -0.15) is 0 Å². The van der Waals surface area contributed by atoms with Crippen LogP contribution in [0.15, 0.2) is 10.5 Å². The number of nitrogens with one attached hydrogen (secondary N) is 1. The van der Waals surface area contributed by atoms with E-state index < -0.39 is 5.91 Å². The lowest BCUT2D eigenvalue weighted by Crippen LogP contribution is -2.30. The largest absolute Gasteiger partial charge is 0.453 e. The Morgan fingerprint density at radius 3 is 2.75 bits per heavy atom. The van der Waals surface area contributed by atoms with Crippen LogP contribution in [0.5, 0.6) is 0 Å². The highest BCUT2D eigenvalue weighted by Gasteiger charge is 2.14. The molecule has 7 heteroatoms. The van der Waals surface area contributed by atoms with Crippen LogP contribution in [0.3, 0.4) is 0 Å². The fourth-order valence-corrected chi connectivity index (χ4v) is 1.61. The summed E-state index contributed by atoms with van der Waals surface area (Å²) in [5, 5.41) is 0. The standard InChI is InChI=1S/C13H22N2O5/c1-10-8-11(20-12(10)13(16)15-14)9-19-7-6-18-5-3-4-17-2/h8H,3-7,9,14H2,1-2H3,(H,15,16). The molecule has 0 fully saturated rings. The molecule has 1 heterocycles. The number of amides is 1. The summed E-state index contributed by atoms with van der Waals surface area (Å²) >= 11 is 0. The van der Waals surface area contributed by atoms with Gasteiger partial charge in [-0.05, 0) is 19.4 Å². The molecule has 0 aliphatic rings. The molecule has 0 atom stereocenters. The molecule has 20 heavy (non-hydrogen) atoms. The number of rotatable bonds is 10. The number of hydrogen-bond donors (Lipinski definition) is 2. The number of ether oxygens (including phenoxy) is 3.